The van der Waals surface area contributed by atoms with Crippen LogP contribution in [0, 0.1) is 0 Å². The summed E-state index contributed by atoms with van der Waals surface area (Å²) >= 11 is 1.71. The first-order valence-corrected chi connectivity index (χ1v) is 7.71. The fourth-order valence-electron chi connectivity index (χ4n) is 1.51. The molecular formula is C14H22N2O2S. The third-order valence-corrected chi connectivity index (χ3v) is 3.31. The molecule has 2 amide bonds. The zero-order valence-corrected chi connectivity index (χ0v) is 12.4. The normalized spacial score (nSPS) is 10.2. The molecule has 5 heteroatoms. The lowest BCUT2D eigenvalue weighted by Crippen LogP contribution is -2.35. The number of rotatable bonds is 8. The molecule has 106 valence electrons. The summed E-state index contributed by atoms with van der Waals surface area (Å²) in [5.74, 6) is 0. The minimum atomic E-state index is -0.134. The van der Waals surface area contributed by atoms with Crippen molar-refractivity contribution >= 4 is 17.8 Å². The van der Waals surface area contributed by atoms with Crippen molar-refractivity contribution in [2.45, 2.75) is 24.8 Å². The van der Waals surface area contributed by atoms with Crippen LogP contribution in [0.25, 0.3) is 0 Å². The number of urea groups is 1. The summed E-state index contributed by atoms with van der Waals surface area (Å²) in [6, 6.07) is 8.04. The number of thioether (sulfide) groups is 1. The Labute approximate surface area is 119 Å². The molecule has 0 saturated carbocycles. The lowest BCUT2D eigenvalue weighted by atomic mass is 10.2. The number of benzene rings is 1. The first kappa shape index (κ1) is 15.9. The van der Waals surface area contributed by atoms with Crippen LogP contribution in [-0.4, -0.2) is 32.0 Å². The Morgan fingerprint density at radius 3 is 2.63 bits per heavy atom. The third-order valence-electron chi connectivity index (χ3n) is 2.57. The fourth-order valence-corrected chi connectivity index (χ4v) is 1.92. The number of nitrogens with one attached hydrogen (secondary N) is 2. The minimum absolute atomic E-state index is 0.134. The molecule has 0 saturated heterocycles. The summed E-state index contributed by atoms with van der Waals surface area (Å²) in [5, 5.41) is 5.63. The van der Waals surface area contributed by atoms with E-state index in [9.17, 15) is 4.79 Å². The molecule has 0 bridgehead atoms. The van der Waals surface area contributed by atoms with Crippen LogP contribution in [0.15, 0.2) is 29.2 Å². The quantitative estimate of drug-likeness (QED) is 0.569. The summed E-state index contributed by atoms with van der Waals surface area (Å²) in [4.78, 5) is 12.7. The second-order valence-corrected chi connectivity index (χ2v) is 4.89. The molecule has 0 heterocycles. The van der Waals surface area contributed by atoms with Crippen molar-refractivity contribution in [2.24, 2.45) is 0 Å². The zero-order chi connectivity index (χ0) is 13.9. The van der Waals surface area contributed by atoms with Crippen molar-refractivity contribution in [2.75, 3.05) is 26.0 Å². The molecule has 1 aromatic rings. The van der Waals surface area contributed by atoms with Crippen LogP contribution >= 0.6 is 11.8 Å². The largest absolute Gasteiger partial charge is 0.382 e. The Morgan fingerprint density at radius 2 is 2.00 bits per heavy atom. The molecule has 0 fully saturated rings. The van der Waals surface area contributed by atoms with Gasteiger partial charge in [-0.2, -0.15) is 0 Å². The SMILES string of the molecule is CCOCCCNC(=O)NCc1ccc(SC)cc1. The van der Waals surface area contributed by atoms with Crippen LogP contribution in [-0.2, 0) is 11.3 Å². The first-order chi connectivity index (χ1) is 9.26. The molecule has 0 spiro atoms. The van der Waals surface area contributed by atoms with E-state index in [1.54, 1.807) is 11.8 Å². The van der Waals surface area contributed by atoms with Gasteiger partial charge in [-0.05, 0) is 37.3 Å². The van der Waals surface area contributed by atoms with Gasteiger partial charge in [-0.15, -0.1) is 11.8 Å². The van der Waals surface area contributed by atoms with Crippen LogP contribution < -0.4 is 10.6 Å². The standard InChI is InChI=1S/C14H22N2O2S/c1-3-18-10-4-9-15-14(17)16-11-12-5-7-13(19-2)8-6-12/h5-8H,3-4,9-11H2,1-2H3,(H2,15,16,17). The highest BCUT2D eigenvalue weighted by Crippen LogP contribution is 2.14. The molecule has 19 heavy (non-hydrogen) atoms. The van der Waals surface area contributed by atoms with Gasteiger partial charge in [-0.1, -0.05) is 12.1 Å². The van der Waals surface area contributed by atoms with Gasteiger partial charge in [0, 0.05) is 31.2 Å². The highest BCUT2D eigenvalue weighted by Gasteiger charge is 2.00. The van der Waals surface area contributed by atoms with Gasteiger partial charge in [0.25, 0.3) is 0 Å². The summed E-state index contributed by atoms with van der Waals surface area (Å²) in [6.45, 7) is 4.55. The van der Waals surface area contributed by atoms with Crippen LogP contribution in [0.2, 0.25) is 0 Å². The van der Waals surface area contributed by atoms with Crippen LogP contribution in [0.5, 0.6) is 0 Å². The van der Waals surface area contributed by atoms with Crippen LogP contribution in [0.1, 0.15) is 18.9 Å². The maximum absolute atomic E-state index is 11.5. The van der Waals surface area contributed by atoms with E-state index in [0.717, 1.165) is 18.6 Å². The molecular weight excluding hydrogens is 260 g/mol. The van der Waals surface area contributed by atoms with Gasteiger partial charge < -0.3 is 15.4 Å². The van der Waals surface area contributed by atoms with E-state index in [0.29, 0.717) is 19.7 Å². The lowest BCUT2D eigenvalue weighted by molar-refractivity contribution is 0.145. The van der Waals surface area contributed by atoms with Gasteiger partial charge in [0.15, 0.2) is 0 Å². The van der Waals surface area contributed by atoms with Crippen LogP contribution in [0.4, 0.5) is 4.79 Å². The molecule has 0 atom stereocenters. The Hall–Kier alpha value is -1.20. The summed E-state index contributed by atoms with van der Waals surface area (Å²) < 4.78 is 5.19. The number of hydrogen-bond acceptors (Lipinski definition) is 3. The van der Waals surface area contributed by atoms with E-state index in [4.69, 9.17) is 4.74 Å². The maximum Gasteiger partial charge on any atom is 0.315 e. The smallest absolute Gasteiger partial charge is 0.315 e. The third kappa shape index (κ3) is 7.08. The molecule has 0 aliphatic carbocycles. The Balaban J connectivity index is 2.15. The van der Waals surface area contributed by atoms with Crippen molar-refractivity contribution in [1.82, 2.24) is 10.6 Å². The molecule has 0 aliphatic heterocycles. The van der Waals surface area contributed by atoms with Gasteiger partial charge in [-0.3, -0.25) is 0 Å². The number of amides is 2. The van der Waals surface area contributed by atoms with Gasteiger partial charge in [0.1, 0.15) is 0 Å². The van der Waals surface area contributed by atoms with E-state index in [1.165, 1.54) is 4.90 Å². The molecule has 0 unspecified atom stereocenters. The van der Waals surface area contributed by atoms with Crippen molar-refractivity contribution in [3.63, 3.8) is 0 Å². The predicted octanol–water partition coefficient (Wildman–Crippen LogP) is 2.63. The Kier molecular flexibility index (Phi) is 8.09. The Bertz CT molecular complexity index is 368. The molecule has 0 aliphatic rings. The monoisotopic (exact) mass is 282 g/mol. The predicted molar refractivity (Wildman–Crippen MR) is 79.6 cm³/mol. The van der Waals surface area contributed by atoms with Crippen molar-refractivity contribution in [3.05, 3.63) is 29.8 Å². The molecule has 0 radical (unpaired) electrons. The molecule has 0 aromatic heterocycles. The van der Waals surface area contributed by atoms with Crippen molar-refractivity contribution in [3.8, 4) is 0 Å². The van der Waals surface area contributed by atoms with Gasteiger partial charge in [0.2, 0.25) is 0 Å². The minimum Gasteiger partial charge on any atom is -0.382 e. The van der Waals surface area contributed by atoms with Crippen molar-refractivity contribution < 1.29 is 9.53 Å². The molecule has 1 rings (SSSR count). The number of ether oxygens (including phenoxy) is 1. The lowest BCUT2D eigenvalue weighted by Gasteiger charge is -2.08. The summed E-state index contributed by atoms with van der Waals surface area (Å²) in [5.41, 5.74) is 1.10. The van der Waals surface area contributed by atoms with Crippen LogP contribution in [0.3, 0.4) is 0 Å². The zero-order valence-electron chi connectivity index (χ0n) is 11.6. The molecule has 2 N–H and O–H groups in total. The van der Waals surface area contributed by atoms with E-state index in [-0.39, 0.29) is 6.03 Å². The van der Waals surface area contributed by atoms with Gasteiger partial charge in [0.05, 0.1) is 0 Å². The highest BCUT2D eigenvalue weighted by molar-refractivity contribution is 7.98. The first-order valence-electron chi connectivity index (χ1n) is 6.48. The maximum atomic E-state index is 11.5. The van der Waals surface area contributed by atoms with Gasteiger partial charge in [-0.25, -0.2) is 4.79 Å². The fraction of sp³-hybridized carbons (Fsp3) is 0.500. The highest BCUT2D eigenvalue weighted by atomic mass is 32.2. The van der Waals surface area contributed by atoms with E-state index >= 15 is 0 Å². The summed E-state index contributed by atoms with van der Waals surface area (Å²) in [7, 11) is 0. The molecule has 4 nitrogen and oxygen atoms in total. The summed E-state index contributed by atoms with van der Waals surface area (Å²) in [6.07, 6.45) is 2.88. The Morgan fingerprint density at radius 1 is 1.26 bits per heavy atom. The number of carbonyl (C=O) groups is 1. The number of carbonyl (C=O) groups excluding carboxylic acids is 1. The average Bonchev–Trinajstić information content (AvgIpc) is 2.45. The average molecular weight is 282 g/mol. The van der Waals surface area contributed by atoms with E-state index < -0.39 is 0 Å². The second kappa shape index (κ2) is 9.69. The van der Waals surface area contributed by atoms with E-state index in [2.05, 4.69) is 22.8 Å². The van der Waals surface area contributed by atoms with E-state index in [1.807, 2.05) is 25.3 Å². The van der Waals surface area contributed by atoms with Gasteiger partial charge >= 0.3 is 6.03 Å². The second-order valence-electron chi connectivity index (χ2n) is 4.01. The number of hydrogen-bond donors (Lipinski definition) is 2. The molecule has 1 aromatic carbocycles. The van der Waals surface area contributed by atoms with Crippen molar-refractivity contribution in [1.29, 1.82) is 0 Å². The topological polar surface area (TPSA) is 50.4 Å².